The number of rotatable bonds is 1. The van der Waals surface area contributed by atoms with Crippen molar-refractivity contribution in [3.8, 4) is 11.3 Å². The normalized spacial score (nSPS) is 10.8. The maximum Gasteiger partial charge on any atom is 0.123 e. The van der Waals surface area contributed by atoms with Gasteiger partial charge in [0.2, 0.25) is 0 Å². The van der Waals surface area contributed by atoms with Crippen molar-refractivity contribution in [2.45, 2.75) is 40.2 Å². The van der Waals surface area contributed by atoms with Crippen LogP contribution in [0.3, 0.4) is 0 Å². The minimum atomic E-state index is -0.261. The molecular formula is C14H20FN3. The monoisotopic (exact) mass is 249 g/mol. The maximum atomic E-state index is 13.0. The van der Waals surface area contributed by atoms with Gasteiger partial charge in [0.05, 0.1) is 11.7 Å². The minimum Gasteiger partial charge on any atom is -0.247 e. The predicted octanol–water partition coefficient (Wildman–Crippen LogP) is 3.87. The summed E-state index contributed by atoms with van der Waals surface area (Å²) in [4.78, 5) is 0. The van der Waals surface area contributed by atoms with Crippen LogP contribution in [-0.2, 0) is 5.54 Å². The molecule has 1 heterocycles. The van der Waals surface area contributed by atoms with E-state index in [2.05, 4.69) is 10.3 Å². The van der Waals surface area contributed by atoms with E-state index in [0.717, 1.165) is 5.56 Å². The fourth-order valence-electron chi connectivity index (χ4n) is 1.37. The standard InChI is InChI=1S/C12H14FN3.C2H6/c1-12(2,3)16-8-11(14-15-16)9-5-4-6-10(13)7-9;1-2/h4-8H,1-3H3;1-2H3. The van der Waals surface area contributed by atoms with Gasteiger partial charge in [-0.3, -0.25) is 0 Å². The number of nitrogens with zero attached hydrogens (tertiary/aromatic N) is 3. The van der Waals surface area contributed by atoms with Crippen LogP contribution in [0.2, 0.25) is 0 Å². The zero-order chi connectivity index (χ0) is 13.8. The number of hydrogen-bond donors (Lipinski definition) is 0. The number of halogens is 1. The van der Waals surface area contributed by atoms with E-state index in [4.69, 9.17) is 0 Å². The second-order valence-corrected chi connectivity index (χ2v) is 4.73. The molecule has 98 valence electrons. The van der Waals surface area contributed by atoms with E-state index >= 15 is 0 Å². The van der Waals surface area contributed by atoms with E-state index in [9.17, 15) is 4.39 Å². The van der Waals surface area contributed by atoms with Crippen LogP contribution in [0.4, 0.5) is 4.39 Å². The highest BCUT2D eigenvalue weighted by atomic mass is 19.1. The fraction of sp³-hybridized carbons (Fsp3) is 0.429. The first-order valence-electron chi connectivity index (χ1n) is 6.15. The smallest absolute Gasteiger partial charge is 0.123 e. The van der Waals surface area contributed by atoms with Gasteiger partial charge in [0.1, 0.15) is 11.5 Å². The summed E-state index contributed by atoms with van der Waals surface area (Å²) >= 11 is 0. The minimum absolute atomic E-state index is 0.113. The molecule has 2 rings (SSSR count). The van der Waals surface area contributed by atoms with Crippen LogP contribution in [0.25, 0.3) is 11.3 Å². The van der Waals surface area contributed by atoms with E-state index in [1.54, 1.807) is 10.7 Å². The molecule has 2 aromatic rings. The van der Waals surface area contributed by atoms with Gasteiger partial charge < -0.3 is 0 Å². The molecule has 0 N–H and O–H groups in total. The van der Waals surface area contributed by atoms with E-state index in [-0.39, 0.29) is 11.4 Å². The van der Waals surface area contributed by atoms with Gasteiger partial charge in [-0.1, -0.05) is 31.2 Å². The molecule has 0 amide bonds. The molecule has 1 aromatic carbocycles. The Morgan fingerprint density at radius 3 is 2.33 bits per heavy atom. The third kappa shape index (κ3) is 3.39. The van der Waals surface area contributed by atoms with Crippen molar-refractivity contribution in [2.75, 3.05) is 0 Å². The van der Waals surface area contributed by atoms with Crippen LogP contribution in [-0.4, -0.2) is 15.0 Å². The van der Waals surface area contributed by atoms with Crippen molar-refractivity contribution in [1.82, 2.24) is 15.0 Å². The van der Waals surface area contributed by atoms with Gasteiger partial charge in [0.25, 0.3) is 0 Å². The Bertz CT molecular complexity index is 498. The van der Waals surface area contributed by atoms with Crippen molar-refractivity contribution < 1.29 is 4.39 Å². The van der Waals surface area contributed by atoms with Crippen LogP contribution < -0.4 is 0 Å². The molecule has 0 aliphatic heterocycles. The molecule has 0 aliphatic rings. The zero-order valence-corrected chi connectivity index (χ0v) is 11.6. The zero-order valence-electron chi connectivity index (χ0n) is 11.6. The summed E-state index contributed by atoms with van der Waals surface area (Å²) in [6.45, 7) is 10.1. The molecule has 18 heavy (non-hydrogen) atoms. The van der Waals surface area contributed by atoms with Gasteiger partial charge in [-0.25, -0.2) is 9.07 Å². The second kappa shape index (κ2) is 5.76. The summed E-state index contributed by atoms with van der Waals surface area (Å²) in [6, 6.07) is 6.36. The summed E-state index contributed by atoms with van der Waals surface area (Å²) in [5.74, 6) is -0.261. The Labute approximate surface area is 108 Å². The Morgan fingerprint density at radius 1 is 1.17 bits per heavy atom. The molecule has 0 radical (unpaired) electrons. The van der Waals surface area contributed by atoms with Crippen molar-refractivity contribution in [1.29, 1.82) is 0 Å². The van der Waals surface area contributed by atoms with Crippen molar-refractivity contribution in [3.63, 3.8) is 0 Å². The Morgan fingerprint density at radius 2 is 1.83 bits per heavy atom. The Hall–Kier alpha value is -1.71. The molecule has 0 saturated heterocycles. The van der Waals surface area contributed by atoms with Gasteiger partial charge in [-0.05, 0) is 32.9 Å². The highest BCUT2D eigenvalue weighted by Crippen LogP contribution is 2.20. The summed E-state index contributed by atoms with van der Waals surface area (Å²) < 4.78 is 14.8. The quantitative estimate of drug-likeness (QED) is 0.768. The van der Waals surface area contributed by atoms with Gasteiger partial charge in [-0.15, -0.1) is 5.10 Å². The molecule has 3 nitrogen and oxygen atoms in total. The number of benzene rings is 1. The summed E-state index contributed by atoms with van der Waals surface area (Å²) in [5.41, 5.74) is 1.32. The van der Waals surface area contributed by atoms with E-state index in [0.29, 0.717) is 5.69 Å². The summed E-state index contributed by atoms with van der Waals surface area (Å²) in [6.07, 6.45) is 1.83. The average molecular weight is 249 g/mol. The van der Waals surface area contributed by atoms with Crippen LogP contribution in [0.15, 0.2) is 30.5 Å². The van der Waals surface area contributed by atoms with Crippen molar-refractivity contribution in [3.05, 3.63) is 36.3 Å². The van der Waals surface area contributed by atoms with Crippen LogP contribution in [0.1, 0.15) is 34.6 Å². The first kappa shape index (κ1) is 14.4. The van der Waals surface area contributed by atoms with Gasteiger partial charge >= 0.3 is 0 Å². The molecule has 0 fully saturated rings. The molecular weight excluding hydrogens is 229 g/mol. The summed E-state index contributed by atoms with van der Waals surface area (Å²) in [5, 5.41) is 8.08. The largest absolute Gasteiger partial charge is 0.247 e. The number of hydrogen-bond acceptors (Lipinski definition) is 2. The lowest BCUT2D eigenvalue weighted by Crippen LogP contribution is -2.22. The fourth-order valence-corrected chi connectivity index (χ4v) is 1.37. The van der Waals surface area contributed by atoms with Gasteiger partial charge in [0, 0.05) is 5.56 Å². The van der Waals surface area contributed by atoms with E-state index < -0.39 is 0 Å². The molecule has 0 saturated carbocycles. The second-order valence-electron chi connectivity index (χ2n) is 4.73. The first-order chi connectivity index (χ1) is 8.47. The lowest BCUT2D eigenvalue weighted by Gasteiger charge is -2.17. The van der Waals surface area contributed by atoms with Gasteiger partial charge in [-0.2, -0.15) is 0 Å². The SMILES string of the molecule is CC.CC(C)(C)n1cc(-c2cccc(F)c2)nn1. The highest BCUT2D eigenvalue weighted by molar-refractivity contribution is 5.57. The van der Waals surface area contributed by atoms with Crippen LogP contribution in [0, 0.1) is 5.82 Å². The summed E-state index contributed by atoms with van der Waals surface area (Å²) in [7, 11) is 0. The van der Waals surface area contributed by atoms with Crippen LogP contribution in [0.5, 0.6) is 0 Å². The molecule has 0 spiro atoms. The molecule has 1 aromatic heterocycles. The Kier molecular flexibility index (Phi) is 4.59. The lowest BCUT2D eigenvalue weighted by molar-refractivity contribution is 0.347. The van der Waals surface area contributed by atoms with Crippen molar-refractivity contribution >= 4 is 0 Å². The molecule has 0 aliphatic carbocycles. The van der Waals surface area contributed by atoms with Crippen LogP contribution >= 0.6 is 0 Å². The first-order valence-corrected chi connectivity index (χ1v) is 6.15. The van der Waals surface area contributed by atoms with E-state index in [1.165, 1.54) is 12.1 Å². The number of aromatic nitrogens is 3. The third-order valence-electron chi connectivity index (χ3n) is 2.30. The molecule has 0 atom stereocenters. The molecule has 4 heteroatoms. The lowest BCUT2D eigenvalue weighted by atomic mass is 10.1. The Balaban J connectivity index is 0.000000771. The van der Waals surface area contributed by atoms with Crippen molar-refractivity contribution in [2.24, 2.45) is 0 Å². The molecule has 0 unspecified atom stereocenters. The van der Waals surface area contributed by atoms with Gasteiger partial charge in [0.15, 0.2) is 0 Å². The maximum absolute atomic E-state index is 13.0. The third-order valence-corrected chi connectivity index (χ3v) is 2.30. The average Bonchev–Trinajstić information content (AvgIpc) is 2.80. The topological polar surface area (TPSA) is 30.7 Å². The predicted molar refractivity (Wildman–Crippen MR) is 71.8 cm³/mol. The highest BCUT2D eigenvalue weighted by Gasteiger charge is 2.15. The van der Waals surface area contributed by atoms with E-state index in [1.807, 2.05) is 46.9 Å². The molecule has 0 bridgehead atoms.